The van der Waals surface area contributed by atoms with Crippen molar-refractivity contribution in [1.82, 2.24) is 14.1 Å². The highest BCUT2D eigenvalue weighted by atomic mass is 35.5. The molecular formula is C25H20ClF3N4O2. The smallest absolute Gasteiger partial charge is 0.325 e. The summed E-state index contributed by atoms with van der Waals surface area (Å²) in [5.74, 6) is -0.136. The van der Waals surface area contributed by atoms with Crippen LogP contribution in [0.3, 0.4) is 0 Å². The van der Waals surface area contributed by atoms with Crippen LogP contribution < -0.4 is 16.7 Å². The monoisotopic (exact) mass is 500 g/mol. The van der Waals surface area contributed by atoms with Crippen LogP contribution in [-0.4, -0.2) is 14.1 Å². The first-order valence-electron chi connectivity index (χ1n) is 10.6. The van der Waals surface area contributed by atoms with Crippen molar-refractivity contribution in [2.24, 2.45) is 0 Å². The number of nitrogens with one attached hydrogen (secondary N) is 1. The Hall–Kier alpha value is -3.85. The van der Waals surface area contributed by atoms with Gasteiger partial charge in [0.25, 0.3) is 0 Å². The van der Waals surface area contributed by atoms with Gasteiger partial charge in [-0.2, -0.15) is 18.2 Å². The first kappa shape index (κ1) is 24.3. The number of anilines is 2. The standard InChI is InChI=1S/C25H20ClF3N4O2/c26-20-11-9-18(10-12-20)16-33-23(34)31-22(30-21-8-4-7-19(15-21)25(27,28)29)32(24(33)35)14-13-17-5-2-1-3-6-17/h1-12,15H,13-14,16H2,(H,30,31,34). The lowest BCUT2D eigenvalue weighted by Crippen LogP contribution is -2.43. The Morgan fingerprint density at radius 1 is 0.857 bits per heavy atom. The van der Waals surface area contributed by atoms with Crippen LogP contribution in [0.2, 0.25) is 5.02 Å². The summed E-state index contributed by atoms with van der Waals surface area (Å²) in [6.07, 6.45) is -4.10. The maximum absolute atomic E-state index is 13.4. The molecule has 180 valence electrons. The number of aromatic nitrogens is 3. The molecule has 1 N–H and O–H groups in total. The lowest BCUT2D eigenvalue weighted by molar-refractivity contribution is -0.137. The molecule has 3 aromatic carbocycles. The largest absolute Gasteiger partial charge is 0.416 e. The highest BCUT2D eigenvalue weighted by Gasteiger charge is 2.30. The van der Waals surface area contributed by atoms with Crippen LogP contribution in [0.1, 0.15) is 16.7 Å². The minimum Gasteiger partial charge on any atom is -0.325 e. The summed E-state index contributed by atoms with van der Waals surface area (Å²) >= 11 is 5.91. The predicted molar refractivity (Wildman–Crippen MR) is 128 cm³/mol. The second-order valence-electron chi connectivity index (χ2n) is 7.80. The highest BCUT2D eigenvalue weighted by molar-refractivity contribution is 6.30. The molecule has 4 rings (SSSR count). The van der Waals surface area contributed by atoms with E-state index in [1.807, 2.05) is 30.3 Å². The number of aryl methyl sites for hydroxylation is 1. The van der Waals surface area contributed by atoms with Crippen LogP contribution in [0.4, 0.5) is 24.8 Å². The number of hydrogen-bond acceptors (Lipinski definition) is 4. The number of rotatable bonds is 7. The molecule has 0 bridgehead atoms. The molecule has 6 nitrogen and oxygen atoms in total. The Bertz CT molecular complexity index is 1430. The minimum absolute atomic E-state index is 0.0307. The fourth-order valence-electron chi connectivity index (χ4n) is 3.52. The molecule has 0 saturated carbocycles. The van der Waals surface area contributed by atoms with Crippen molar-refractivity contribution in [1.29, 1.82) is 0 Å². The average Bonchev–Trinajstić information content (AvgIpc) is 2.83. The van der Waals surface area contributed by atoms with Crippen LogP contribution in [0.5, 0.6) is 0 Å². The molecule has 35 heavy (non-hydrogen) atoms. The molecule has 0 unspecified atom stereocenters. The number of alkyl halides is 3. The maximum Gasteiger partial charge on any atom is 0.416 e. The van der Waals surface area contributed by atoms with Gasteiger partial charge in [-0.3, -0.25) is 4.57 Å². The summed E-state index contributed by atoms with van der Waals surface area (Å²) in [7, 11) is 0. The quantitative estimate of drug-likeness (QED) is 0.383. The summed E-state index contributed by atoms with van der Waals surface area (Å²) in [5.41, 5.74) is -0.656. The van der Waals surface area contributed by atoms with E-state index in [9.17, 15) is 22.8 Å². The zero-order chi connectivity index (χ0) is 25.0. The molecule has 4 aromatic rings. The summed E-state index contributed by atoms with van der Waals surface area (Å²) in [5, 5.41) is 3.24. The van der Waals surface area contributed by atoms with Crippen molar-refractivity contribution >= 4 is 23.2 Å². The lowest BCUT2D eigenvalue weighted by atomic mass is 10.1. The van der Waals surface area contributed by atoms with Crippen LogP contribution in [-0.2, 0) is 25.7 Å². The van der Waals surface area contributed by atoms with E-state index in [0.29, 0.717) is 17.0 Å². The highest BCUT2D eigenvalue weighted by Crippen LogP contribution is 2.31. The molecule has 0 fully saturated rings. The van der Waals surface area contributed by atoms with E-state index in [1.54, 1.807) is 24.3 Å². The number of nitrogens with zero attached hydrogens (tertiary/aromatic N) is 3. The molecular weight excluding hydrogens is 481 g/mol. The third-order valence-electron chi connectivity index (χ3n) is 5.32. The summed E-state index contributed by atoms with van der Waals surface area (Å²) < 4.78 is 41.7. The first-order chi connectivity index (χ1) is 16.7. The molecule has 0 aliphatic rings. The Morgan fingerprint density at radius 2 is 1.57 bits per heavy atom. The zero-order valence-electron chi connectivity index (χ0n) is 18.3. The van der Waals surface area contributed by atoms with Crippen molar-refractivity contribution in [2.75, 3.05) is 5.32 Å². The molecule has 0 radical (unpaired) electrons. The second-order valence-corrected chi connectivity index (χ2v) is 8.24. The van der Waals surface area contributed by atoms with Crippen molar-refractivity contribution in [3.8, 4) is 0 Å². The van der Waals surface area contributed by atoms with Crippen LogP contribution >= 0.6 is 11.6 Å². The van der Waals surface area contributed by atoms with Gasteiger partial charge in [0.05, 0.1) is 12.1 Å². The lowest BCUT2D eigenvalue weighted by Gasteiger charge is -2.16. The molecule has 0 spiro atoms. The van der Waals surface area contributed by atoms with E-state index in [1.165, 1.54) is 16.7 Å². The molecule has 0 aliphatic heterocycles. The fourth-order valence-corrected chi connectivity index (χ4v) is 3.65. The van der Waals surface area contributed by atoms with Gasteiger partial charge in [0.2, 0.25) is 5.95 Å². The van der Waals surface area contributed by atoms with Gasteiger partial charge in [-0.05, 0) is 47.9 Å². The average molecular weight is 501 g/mol. The fraction of sp³-hybridized carbons (Fsp3) is 0.160. The van der Waals surface area contributed by atoms with Crippen LogP contribution in [0, 0.1) is 0 Å². The first-order valence-corrected chi connectivity index (χ1v) is 11.0. The van der Waals surface area contributed by atoms with Gasteiger partial charge in [-0.15, -0.1) is 0 Å². The van der Waals surface area contributed by atoms with E-state index in [2.05, 4.69) is 10.3 Å². The van der Waals surface area contributed by atoms with Gasteiger partial charge < -0.3 is 5.32 Å². The summed E-state index contributed by atoms with van der Waals surface area (Å²) in [6, 6.07) is 20.5. The SMILES string of the molecule is O=c1nc(Nc2cccc(C(F)(F)F)c2)n(CCc2ccccc2)c(=O)n1Cc1ccc(Cl)cc1. The predicted octanol–water partition coefficient (Wildman–Crippen LogP) is 5.11. The van der Waals surface area contributed by atoms with Gasteiger partial charge in [-0.25, -0.2) is 14.2 Å². The van der Waals surface area contributed by atoms with Crippen LogP contribution in [0.25, 0.3) is 0 Å². The molecule has 0 saturated heterocycles. The normalized spacial score (nSPS) is 11.4. The number of benzene rings is 3. The van der Waals surface area contributed by atoms with Gasteiger partial charge in [0, 0.05) is 17.3 Å². The molecule has 1 aromatic heterocycles. The molecule has 0 aliphatic carbocycles. The molecule has 10 heteroatoms. The van der Waals surface area contributed by atoms with Gasteiger partial charge in [-0.1, -0.05) is 60.1 Å². The van der Waals surface area contributed by atoms with Crippen molar-refractivity contribution in [3.63, 3.8) is 0 Å². The van der Waals surface area contributed by atoms with Gasteiger partial charge in [0.1, 0.15) is 0 Å². The van der Waals surface area contributed by atoms with E-state index in [4.69, 9.17) is 11.6 Å². The van der Waals surface area contributed by atoms with E-state index < -0.39 is 23.1 Å². The van der Waals surface area contributed by atoms with E-state index in [0.717, 1.165) is 22.3 Å². The molecule has 0 amide bonds. The Kier molecular flexibility index (Phi) is 7.07. The van der Waals surface area contributed by atoms with Crippen molar-refractivity contribution in [2.45, 2.75) is 25.7 Å². The topological polar surface area (TPSA) is 68.9 Å². The zero-order valence-corrected chi connectivity index (χ0v) is 19.1. The van der Waals surface area contributed by atoms with Gasteiger partial charge in [0.15, 0.2) is 0 Å². The van der Waals surface area contributed by atoms with Crippen LogP contribution in [0.15, 0.2) is 88.5 Å². The summed E-state index contributed by atoms with van der Waals surface area (Å²) in [4.78, 5) is 30.1. The number of hydrogen-bond donors (Lipinski definition) is 1. The van der Waals surface area contributed by atoms with Crippen molar-refractivity contribution < 1.29 is 13.2 Å². The maximum atomic E-state index is 13.4. The molecule has 1 heterocycles. The molecule has 0 atom stereocenters. The van der Waals surface area contributed by atoms with Crippen molar-refractivity contribution in [3.05, 3.63) is 122 Å². The Labute approximate surface area is 203 Å². The Balaban J connectivity index is 1.73. The van der Waals surface area contributed by atoms with E-state index >= 15 is 0 Å². The second kappa shape index (κ2) is 10.2. The Morgan fingerprint density at radius 3 is 2.26 bits per heavy atom. The summed E-state index contributed by atoms with van der Waals surface area (Å²) in [6.45, 7) is 0.120. The van der Waals surface area contributed by atoms with Gasteiger partial charge >= 0.3 is 17.6 Å². The minimum atomic E-state index is -4.54. The number of halogens is 4. The third-order valence-corrected chi connectivity index (χ3v) is 5.57. The van der Waals surface area contributed by atoms with E-state index in [-0.39, 0.29) is 24.7 Å². The third kappa shape index (κ3) is 5.99.